The zero-order valence-electron chi connectivity index (χ0n) is 6.23. The molecular formula is C4H5F5O3S. The van der Waals surface area contributed by atoms with E-state index in [1.807, 2.05) is 0 Å². The van der Waals surface area contributed by atoms with Gasteiger partial charge in [-0.2, -0.15) is 30.4 Å². The van der Waals surface area contributed by atoms with Crippen LogP contribution in [0.25, 0.3) is 0 Å². The number of rotatable bonds is 3. The Morgan fingerprint density at radius 2 is 1.54 bits per heavy atom. The molecule has 13 heavy (non-hydrogen) atoms. The fourth-order valence-corrected chi connectivity index (χ4v) is 1.09. The molecule has 0 heterocycles. The van der Waals surface area contributed by atoms with Gasteiger partial charge >= 0.3 is 12.1 Å². The van der Waals surface area contributed by atoms with E-state index in [9.17, 15) is 30.4 Å². The van der Waals surface area contributed by atoms with Crippen molar-refractivity contribution in [3.05, 3.63) is 0 Å². The largest absolute Gasteiger partial charge is 0.454 e. The van der Waals surface area contributed by atoms with Gasteiger partial charge in [0.25, 0.3) is 10.1 Å². The third-order valence-electron chi connectivity index (χ3n) is 1.03. The average Bonchev–Trinajstić information content (AvgIpc) is 1.83. The van der Waals surface area contributed by atoms with Gasteiger partial charge in [0.1, 0.15) is 5.75 Å². The number of alkyl halides is 5. The summed E-state index contributed by atoms with van der Waals surface area (Å²) >= 11 is 0. The highest BCUT2D eigenvalue weighted by molar-refractivity contribution is 7.86. The Bertz CT molecular complexity index is 266. The highest BCUT2D eigenvalue weighted by atomic mass is 32.2. The van der Waals surface area contributed by atoms with Crippen LogP contribution in [0.4, 0.5) is 22.0 Å². The molecule has 0 aromatic carbocycles. The first-order valence-corrected chi connectivity index (χ1v) is 4.32. The maximum Gasteiger partial charge on any atom is 0.454 e. The van der Waals surface area contributed by atoms with Crippen LogP contribution in [0.1, 0.15) is 0 Å². The summed E-state index contributed by atoms with van der Waals surface area (Å²) in [6.45, 7) is 0. The maximum absolute atomic E-state index is 12.0. The molecule has 3 nitrogen and oxygen atoms in total. The van der Waals surface area contributed by atoms with E-state index in [4.69, 9.17) is 0 Å². The van der Waals surface area contributed by atoms with Gasteiger partial charge in [-0.15, -0.1) is 0 Å². The van der Waals surface area contributed by atoms with Crippen LogP contribution in [0.2, 0.25) is 0 Å². The van der Waals surface area contributed by atoms with Gasteiger partial charge in [0, 0.05) is 0 Å². The molecule has 0 fully saturated rings. The van der Waals surface area contributed by atoms with Crippen LogP contribution < -0.4 is 0 Å². The van der Waals surface area contributed by atoms with Crippen LogP contribution in [0.15, 0.2) is 0 Å². The Morgan fingerprint density at radius 1 is 1.15 bits per heavy atom. The van der Waals surface area contributed by atoms with Crippen LogP contribution in [-0.2, 0) is 14.3 Å². The lowest BCUT2D eigenvalue weighted by Crippen LogP contribution is -2.42. The van der Waals surface area contributed by atoms with Crippen molar-refractivity contribution in [1.29, 1.82) is 0 Å². The highest BCUT2D eigenvalue weighted by Gasteiger charge is 2.59. The van der Waals surface area contributed by atoms with E-state index in [0.717, 1.165) is 0 Å². The fourth-order valence-electron chi connectivity index (χ4n) is 0.363. The third-order valence-corrected chi connectivity index (χ3v) is 2.25. The molecule has 0 amide bonds. The molecule has 0 aliphatic carbocycles. The van der Waals surface area contributed by atoms with E-state index in [-0.39, 0.29) is 0 Å². The first-order chi connectivity index (χ1) is 5.52. The summed E-state index contributed by atoms with van der Waals surface area (Å²) < 4.78 is 82.3. The zero-order valence-corrected chi connectivity index (χ0v) is 7.05. The van der Waals surface area contributed by atoms with Gasteiger partial charge in [-0.1, -0.05) is 0 Å². The van der Waals surface area contributed by atoms with E-state index in [1.165, 1.54) is 0 Å². The monoisotopic (exact) mass is 228 g/mol. The topological polar surface area (TPSA) is 43.4 Å². The second-order valence-electron chi connectivity index (χ2n) is 2.07. The van der Waals surface area contributed by atoms with Gasteiger partial charge in [-0.3, -0.25) is 4.18 Å². The van der Waals surface area contributed by atoms with Crippen LogP contribution in [0.5, 0.6) is 0 Å². The molecule has 0 saturated heterocycles. The minimum absolute atomic E-state index is 0.502. The number of hydrogen-bond acceptors (Lipinski definition) is 3. The molecule has 0 unspecified atom stereocenters. The molecule has 0 aliphatic rings. The van der Waals surface area contributed by atoms with E-state index in [1.54, 1.807) is 0 Å². The van der Waals surface area contributed by atoms with Crippen molar-refractivity contribution in [1.82, 2.24) is 0 Å². The van der Waals surface area contributed by atoms with Gasteiger partial charge in [0.2, 0.25) is 0 Å². The van der Waals surface area contributed by atoms with Crippen molar-refractivity contribution >= 4 is 10.1 Å². The Balaban J connectivity index is 4.72. The SMILES string of the molecule is COS(=O)(=O)CC(F)(F)C(F)(F)F. The van der Waals surface area contributed by atoms with E-state index < -0.39 is 28.0 Å². The molecule has 0 spiro atoms. The Morgan fingerprint density at radius 3 is 1.77 bits per heavy atom. The van der Waals surface area contributed by atoms with Crippen molar-refractivity contribution in [3.63, 3.8) is 0 Å². The second-order valence-corrected chi connectivity index (χ2v) is 3.81. The van der Waals surface area contributed by atoms with Gasteiger partial charge < -0.3 is 0 Å². The molecule has 80 valence electrons. The zero-order chi connectivity index (χ0) is 10.9. The van der Waals surface area contributed by atoms with E-state index in [2.05, 4.69) is 4.18 Å². The summed E-state index contributed by atoms with van der Waals surface area (Å²) in [5.74, 6) is -7.69. The molecule has 0 N–H and O–H groups in total. The summed E-state index contributed by atoms with van der Waals surface area (Å²) in [6.07, 6.45) is -5.89. The predicted octanol–water partition coefficient (Wildman–Crippen LogP) is 1.16. The van der Waals surface area contributed by atoms with Gasteiger partial charge in [-0.25, -0.2) is 0 Å². The average molecular weight is 228 g/mol. The Kier molecular flexibility index (Phi) is 3.26. The first kappa shape index (κ1) is 12.6. The standard InChI is InChI=1S/C4H5F5O3S/c1-12-13(10,11)2-3(5,6)4(7,8)9/h2H2,1H3. The molecule has 0 saturated carbocycles. The van der Waals surface area contributed by atoms with Crippen LogP contribution in [0, 0.1) is 0 Å². The smallest absolute Gasteiger partial charge is 0.273 e. The summed E-state index contributed by atoms with van der Waals surface area (Å²) in [7, 11) is -4.33. The van der Waals surface area contributed by atoms with Crippen molar-refractivity contribution in [2.75, 3.05) is 12.9 Å². The molecule has 0 aromatic rings. The Hall–Kier alpha value is -0.440. The molecule has 0 aliphatic heterocycles. The highest BCUT2D eigenvalue weighted by Crippen LogP contribution is 2.36. The van der Waals surface area contributed by atoms with Crippen LogP contribution >= 0.6 is 0 Å². The minimum Gasteiger partial charge on any atom is -0.273 e. The molecule has 9 heteroatoms. The van der Waals surface area contributed by atoms with Crippen LogP contribution in [-0.4, -0.2) is 33.4 Å². The van der Waals surface area contributed by atoms with Crippen molar-refractivity contribution in [2.45, 2.75) is 12.1 Å². The quantitative estimate of drug-likeness (QED) is 0.537. The molecular weight excluding hydrogens is 223 g/mol. The normalized spacial score (nSPS) is 14.6. The summed E-state index contributed by atoms with van der Waals surface area (Å²) in [5.41, 5.74) is 0. The number of halogens is 5. The minimum atomic E-state index is -5.89. The fraction of sp³-hybridized carbons (Fsp3) is 1.00. The second kappa shape index (κ2) is 3.37. The number of hydrogen-bond donors (Lipinski definition) is 0. The molecule has 0 bridgehead atoms. The van der Waals surface area contributed by atoms with Crippen molar-refractivity contribution in [3.8, 4) is 0 Å². The lowest BCUT2D eigenvalue weighted by molar-refractivity contribution is -0.271. The van der Waals surface area contributed by atoms with E-state index in [0.29, 0.717) is 7.11 Å². The van der Waals surface area contributed by atoms with Gasteiger partial charge in [0.05, 0.1) is 7.11 Å². The molecule has 0 radical (unpaired) electrons. The van der Waals surface area contributed by atoms with Crippen molar-refractivity contribution in [2.24, 2.45) is 0 Å². The lowest BCUT2D eigenvalue weighted by Gasteiger charge is -2.18. The Labute approximate surface area is 70.6 Å². The summed E-state index contributed by atoms with van der Waals surface area (Å²) in [6, 6.07) is 0. The van der Waals surface area contributed by atoms with Gasteiger partial charge in [-0.05, 0) is 0 Å². The van der Waals surface area contributed by atoms with E-state index >= 15 is 0 Å². The predicted molar refractivity (Wildman–Crippen MR) is 31.8 cm³/mol. The molecule has 0 aromatic heterocycles. The van der Waals surface area contributed by atoms with Crippen LogP contribution in [0.3, 0.4) is 0 Å². The molecule has 0 rings (SSSR count). The summed E-state index contributed by atoms with van der Waals surface area (Å²) in [4.78, 5) is 0. The summed E-state index contributed by atoms with van der Waals surface area (Å²) in [5, 5.41) is 0. The lowest BCUT2D eigenvalue weighted by atomic mass is 10.4. The van der Waals surface area contributed by atoms with Crippen molar-refractivity contribution < 1.29 is 34.6 Å². The van der Waals surface area contributed by atoms with Gasteiger partial charge in [0.15, 0.2) is 0 Å². The maximum atomic E-state index is 12.0. The third kappa shape index (κ3) is 3.43. The first-order valence-electron chi connectivity index (χ1n) is 2.75. The molecule has 0 atom stereocenters.